The number of piperidine rings is 1. The number of aryl methyl sites for hydroxylation is 1. The van der Waals surface area contributed by atoms with Crippen molar-refractivity contribution >= 4 is 17.2 Å². The molecule has 5 heteroatoms. The zero-order valence-corrected chi connectivity index (χ0v) is 20.4. The van der Waals surface area contributed by atoms with Crippen LogP contribution in [0.25, 0.3) is 0 Å². The second-order valence-electron chi connectivity index (χ2n) is 10.7. The first-order valence-electron chi connectivity index (χ1n) is 12.2. The van der Waals surface area contributed by atoms with E-state index >= 15 is 0 Å². The normalized spacial score (nSPS) is 23.5. The molecule has 2 unspecified atom stereocenters. The molecule has 1 aliphatic carbocycles. The Bertz CT molecular complexity index is 1150. The third-order valence-corrected chi connectivity index (χ3v) is 8.32. The Balaban J connectivity index is 1.56. The number of anilines is 2. The maximum atomic E-state index is 13.9. The van der Waals surface area contributed by atoms with E-state index in [0.29, 0.717) is 11.6 Å². The molecule has 3 aliphatic rings. The van der Waals surface area contributed by atoms with Gasteiger partial charge in [0.1, 0.15) is 0 Å². The van der Waals surface area contributed by atoms with Crippen LogP contribution in [0.2, 0.25) is 0 Å². The van der Waals surface area contributed by atoms with Crippen molar-refractivity contribution in [2.45, 2.75) is 63.5 Å². The highest BCUT2D eigenvalue weighted by molar-refractivity contribution is 6.07. The summed E-state index contributed by atoms with van der Waals surface area (Å²) < 4.78 is 0. The lowest BCUT2D eigenvalue weighted by atomic mass is 9.63. The second-order valence-corrected chi connectivity index (χ2v) is 10.7. The van der Waals surface area contributed by atoms with Crippen molar-refractivity contribution in [3.05, 3.63) is 58.1 Å². The highest BCUT2D eigenvalue weighted by atomic mass is 16.1. The first-order valence-corrected chi connectivity index (χ1v) is 12.2. The number of benzene rings is 2. The number of hydrogen-bond donors (Lipinski definition) is 1. The summed E-state index contributed by atoms with van der Waals surface area (Å²) in [5.74, 6) is -0.000478. The van der Waals surface area contributed by atoms with Gasteiger partial charge in [-0.2, -0.15) is 5.26 Å². The standard InChI is InChI=1S/C28H34N4O/c1-6-18-14-21-22(15-24(18)32-11-9-19(10-12-32)31(4)5)28(2,3)27-25(26(21)33)20-8-7-17(16-29)13-23(20)30-27/h7-8,13-15,19,25,27,30H,6,9-12H2,1-5H3. The van der Waals surface area contributed by atoms with Gasteiger partial charge in [0.25, 0.3) is 0 Å². The second kappa shape index (κ2) is 7.88. The van der Waals surface area contributed by atoms with Crippen molar-refractivity contribution in [3.63, 3.8) is 0 Å². The lowest BCUT2D eigenvalue weighted by molar-refractivity contribution is 0.0922. The topological polar surface area (TPSA) is 59.4 Å². The van der Waals surface area contributed by atoms with Crippen LogP contribution in [0.1, 0.15) is 72.1 Å². The fourth-order valence-electron chi connectivity index (χ4n) is 6.25. The van der Waals surface area contributed by atoms with E-state index in [0.717, 1.165) is 41.9 Å². The Labute approximate surface area is 197 Å². The number of fused-ring (bicyclic) bond motifs is 4. The quantitative estimate of drug-likeness (QED) is 0.746. The van der Waals surface area contributed by atoms with E-state index in [9.17, 15) is 10.1 Å². The fraction of sp³-hybridized carbons (Fsp3) is 0.500. The van der Waals surface area contributed by atoms with Gasteiger partial charge in [0.05, 0.1) is 17.6 Å². The highest BCUT2D eigenvalue weighted by Crippen LogP contribution is 2.51. The average Bonchev–Trinajstić information content (AvgIpc) is 3.22. The van der Waals surface area contributed by atoms with Crippen molar-refractivity contribution in [3.8, 4) is 6.07 Å². The summed E-state index contributed by atoms with van der Waals surface area (Å²) in [6.45, 7) is 8.81. The van der Waals surface area contributed by atoms with Crippen LogP contribution in [0.15, 0.2) is 30.3 Å². The summed E-state index contributed by atoms with van der Waals surface area (Å²) in [7, 11) is 4.35. The molecule has 2 aromatic carbocycles. The molecule has 0 aromatic heterocycles. The lowest BCUT2D eigenvalue weighted by Gasteiger charge is -2.43. The molecule has 2 aliphatic heterocycles. The number of Topliss-reactive ketones (excluding diaryl/α,β-unsaturated/α-hetero) is 1. The number of nitriles is 1. The van der Waals surface area contributed by atoms with E-state index in [1.54, 1.807) is 0 Å². The molecule has 0 radical (unpaired) electrons. The molecule has 0 saturated carbocycles. The van der Waals surface area contributed by atoms with E-state index in [1.165, 1.54) is 24.1 Å². The predicted molar refractivity (Wildman–Crippen MR) is 133 cm³/mol. The van der Waals surface area contributed by atoms with Gasteiger partial charge < -0.3 is 15.1 Å². The van der Waals surface area contributed by atoms with Gasteiger partial charge in [0.2, 0.25) is 0 Å². The Morgan fingerprint density at radius 2 is 1.91 bits per heavy atom. The number of nitrogens with one attached hydrogen (secondary N) is 1. The van der Waals surface area contributed by atoms with Crippen molar-refractivity contribution < 1.29 is 4.79 Å². The van der Waals surface area contributed by atoms with Gasteiger partial charge in [-0.05, 0) is 74.3 Å². The fourth-order valence-corrected chi connectivity index (χ4v) is 6.25. The zero-order chi connectivity index (χ0) is 23.5. The molecule has 5 rings (SSSR count). The number of carbonyl (C=O) groups excluding carboxylic acids is 1. The van der Waals surface area contributed by atoms with Crippen LogP contribution in [0, 0.1) is 11.3 Å². The molecule has 2 heterocycles. The van der Waals surface area contributed by atoms with Gasteiger partial charge in [-0.15, -0.1) is 0 Å². The van der Waals surface area contributed by atoms with Crippen molar-refractivity contribution in [1.29, 1.82) is 5.26 Å². The first-order chi connectivity index (χ1) is 15.8. The van der Waals surface area contributed by atoms with Crippen LogP contribution in [0.3, 0.4) is 0 Å². The SMILES string of the molecule is CCc1cc2c(cc1N1CCC(N(C)C)CC1)C(C)(C)C1Nc3cc(C#N)ccc3C1C2=O. The minimum Gasteiger partial charge on any atom is -0.380 e. The molecule has 0 spiro atoms. The summed E-state index contributed by atoms with van der Waals surface area (Å²) in [6.07, 6.45) is 3.25. The van der Waals surface area contributed by atoms with Gasteiger partial charge in [0, 0.05) is 47.5 Å². The first kappa shape index (κ1) is 22.0. The molecule has 33 heavy (non-hydrogen) atoms. The lowest BCUT2D eigenvalue weighted by Crippen LogP contribution is -2.48. The number of ketones is 1. The summed E-state index contributed by atoms with van der Waals surface area (Å²) in [4.78, 5) is 18.7. The molecular formula is C28H34N4O. The molecule has 0 bridgehead atoms. The Morgan fingerprint density at radius 1 is 1.18 bits per heavy atom. The largest absolute Gasteiger partial charge is 0.380 e. The van der Waals surface area contributed by atoms with E-state index in [-0.39, 0.29) is 23.2 Å². The van der Waals surface area contributed by atoms with E-state index in [1.807, 2.05) is 18.2 Å². The highest BCUT2D eigenvalue weighted by Gasteiger charge is 2.51. The van der Waals surface area contributed by atoms with Crippen LogP contribution < -0.4 is 10.2 Å². The van der Waals surface area contributed by atoms with Crippen molar-refractivity contribution in [2.24, 2.45) is 0 Å². The summed E-state index contributed by atoms with van der Waals surface area (Å²) >= 11 is 0. The number of carbonyl (C=O) groups is 1. The third-order valence-electron chi connectivity index (χ3n) is 8.32. The number of rotatable bonds is 3. The third kappa shape index (κ3) is 3.35. The molecule has 2 aromatic rings. The van der Waals surface area contributed by atoms with Crippen molar-refractivity contribution in [1.82, 2.24) is 4.90 Å². The Hall–Kier alpha value is -2.84. The van der Waals surface area contributed by atoms with Gasteiger partial charge in [-0.1, -0.05) is 26.8 Å². The molecule has 1 saturated heterocycles. The smallest absolute Gasteiger partial charge is 0.172 e. The Morgan fingerprint density at radius 3 is 2.55 bits per heavy atom. The van der Waals surface area contributed by atoms with Gasteiger partial charge in [0.15, 0.2) is 5.78 Å². The molecule has 2 atom stereocenters. The van der Waals surface area contributed by atoms with Crippen molar-refractivity contribution in [2.75, 3.05) is 37.4 Å². The predicted octanol–water partition coefficient (Wildman–Crippen LogP) is 4.70. The minimum atomic E-state index is -0.220. The summed E-state index contributed by atoms with van der Waals surface area (Å²) in [5.41, 5.74) is 6.96. The van der Waals surface area contributed by atoms with E-state index in [2.05, 4.69) is 68.2 Å². The molecular weight excluding hydrogens is 408 g/mol. The summed E-state index contributed by atoms with van der Waals surface area (Å²) in [6, 6.07) is 13.0. The monoisotopic (exact) mass is 442 g/mol. The van der Waals surface area contributed by atoms with Gasteiger partial charge in [-0.3, -0.25) is 4.79 Å². The average molecular weight is 443 g/mol. The molecule has 1 fully saturated rings. The molecule has 1 N–H and O–H groups in total. The van der Waals surface area contributed by atoms with E-state index < -0.39 is 0 Å². The van der Waals surface area contributed by atoms with Crippen LogP contribution in [-0.4, -0.2) is 50.0 Å². The van der Waals surface area contributed by atoms with Crippen LogP contribution >= 0.6 is 0 Å². The van der Waals surface area contributed by atoms with Crippen LogP contribution in [0.4, 0.5) is 11.4 Å². The molecule has 0 amide bonds. The zero-order valence-electron chi connectivity index (χ0n) is 20.4. The van der Waals surface area contributed by atoms with E-state index in [4.69, 9.17) is 0 Å². The minimum absolute atomic E-state index is 0.0127. The molecule has 5 nitrogen and oxygen atoms in total. The van der Waals surface area contributed by atoms with Gasteiger partial charge in [-0.25, -0.2) is 0 Å². The molecule has 172 valence electrons. The summed E-state index contributed by atoms with van der Waals surface area (Å²) in [5, 5.41) is 13.0. The van der Waals surface area contributed by atoms with Gasteiger partial charge >= 0.3 is 0 Å². The van der Waals surface area contributed by atoms with Crippen LogP contribution in [-0.2, 0) is 11.8 Å². The Kier molecular flexibility index (Phi) is 5.25. The number of hydrogen-bond acceptors (Lipinski definition) is 5. The maximum Gasteiger partial charge on any atom is 0.172 e. The number of nitrogens with zero attached hydrogens (tertiary/aromatic N) is 3. The maximum absolute atomic E-state index is 13.9. The van der Waals surface area contributed by atoms with Crippen LogP contribution in [0.5, 0.6) is 0 Å².